The van der Waals surface area contributed by atoms with Crippen LogP contribution in [0, 0.1) is 0 Å². The van der Waals surface area contributed by atoms with Crippen molar-refractivity contribution < 1.29 is 36.7 Å². The van der Waals surface area contributed by atoms with Gasteiger partial charge in [0, 0.05) is 23.7 Å². The molecule has 1 aliphatic heterocycles. The van der Waals surface area contributed by atoms with Crippen LogP contribution in [0.5, 0.6) is 11.5 Å². The molecule has 1 aromatic heterocycles. The van der Waals surface area contributed by atoms with Crippen molar-refractivity contribution in [1.82, 2.24) is 9.80 Å². The zero-order valence-electron chi connectivity index (χ0n) is 23.7. The molecule has 1 aliphatic rings. The summed E-state index contributed by atoms with van der Waals surface area (Å²) in [6, 6.07) is 13.9. The summed E-state index contributed by atoms with van der Waals surface area (Å²) in [6.45, 7) is 1.54. The molecule has 3 aromatic carbocycles. The number of ether oxygens (including phenoxy) is 2. The van der Waals surface area contributed by atoms with Crippen molar-refractivity contribution in [2.24, 2.45) is 0 Å². The number of carbonyl (C=O) groups is 2. The van der Waals surface area contributed by atoms with Gasteiger partial charge in [-0.25, -0.2) is 0 Å². The van der Waals surface area contributed by atoms with Gasteiger partial charge in [0.25, 0.3) is 5.91 Å². The monoisotopic (exact) mass is 628 g/mol. The van der Waals surface area contributed by atoms with E-state index in [2.05, 4.69) is 0 Å². The molecule has 0 bridgehead atoms. The first-order valence-corrected chi connectivity index (χ1v) is 14.2. The number of fused-ring (bicyclic) bond motifs is 2. The number of amides is 2. The van der Waals surface area contributed by atoms with Crippen LogP contribution in [0.25, 0.3) is 11.0 Å². The van der Waals surface area contributed by atoms with Crippen molar-refractivity contribution in [2.75, 3.05) is 19.9 Å². The second kappa shape index (κ2) is 13.0. The number of carbonyl (C=O) groups excluding carboxylic acids is 2. The molecule has 0 atom stereocenters. The van der Waals surface area contributed by atoms with Crippen LogP contribution >= 0.6 is 11.6 Å². The average molecular weight is 629 g/mol. The number of alkyl halides is 3. The summed E-state index contributed by atoms with van der Waals surface area (Å²) >= 11 is 6.10. The third-order valence-corrected chi connectivity index (χ3v) is 7.40. The van der Waals surface area contributed by atoms with Crippen LogP contribution in [0.1, 0.15) is 46.8 Å². The van der Waals surface area contributed by atoms with E-state index in [0.717, 1.165) is 18.2 Å². The first kappa shape index (κ1) is 30.9. The molecule has 0 unspecified atom stereocenters. The zero-order valence-corrected chi connectivity index (χ0v) is 24.4. The van der Waals surface area contributed by atoms with Crippen molar-refractivity contribution in [1.29, 1.82) is 0 Å². The van der Waals surface area contributed by atoms with Crippen molar-refractivity contribution >= 4 is 34.4 Å². The second-order valence-corrected chi connectivity index (χ2v) is 10.8. The topological polar surface area (TPSA) is 89.3 Å². The molecule has 0 saturated carbocycles. The van der Waals surface area contributed by atoms with E-state index in [1.807, 2.05) is 6.92 Å². The predicted molar refractivity (Wildman–Crippen MR) is 157 cm³/mol. The lowest BCUT2D eigenvalue weighted by atomic mass is 10.1. The van der Waals surface area contributed by atoms with Gasteiger partial charge in [-0.2, -0.15) is 13.2 Å². The van der Waals surface area contributed by atoms with Gasteiger partial charge in [-0.3, -0.25) is 14.4 Å². The smallest absolute Gasteiger partial charge is 0.416 e. The maximum Gasteiger partial charge on any atom is 0.416 e. The third-order valence-electron chi connectivity index (χ3n) is 7.16. The summed E-state index contributed by atoms with van der Waals surface area (Å²) in [7, 11) is 0. The molecule has 5 rings (SSSR count). The van der Waals surface area contributed by atoms with E-state index in [9.17, 15) is 27.6 Å². The summed E-state index contributed by atoms with van der Waals surface area (Å²) in [5, 5.41) is 0.588. The Labute approximate surface area is 255 Å². The first-order valence-electron chi connectivity index (χ1n) is 13.9. The van der Waals surface area contributed by atoms with Crippen LogP contribution in [-0.4, -0.2) is 41.5 Å². The Kier molecular flexibility index (Phi) is 9.14. The van der Waals surface area contributed by atoms with Gasteiger partial charge in [-0.15, -0.1) is 0 Å². The number of nitrogens with zero attached hydrogens (tertiary/aromatic N) is 2. The quantitative estimate of drug-likeness (QED) is 0.195. The maximum absolute atomic E-state index is 13.9. The van der Waals surface area contributed by atoms with Gasteiger partial charge < -0.3 is 23.7 Å². The van der Waals surface area contributed by atoms with Crippen LogP contribution in [-0.2, 0) is 24.1 Å². The van der Waals surface area contributed by atoms with Gasteiger partial charge >= 0.3 is 6.18 Å². The zero-order chi connectivity index (χ0) is 31.4. The van der Waals surface area contributed by atoms with Gasteiger partial charge in [0.15, 0.2) is 16.9 Å². The Morgan fingerprint density at radius 2 is 1.75 bits per heavy atom. The highest BCUT2D eigenvalue weighted by Gasteiger charge is 2.32. The fourth-order valence-electron chi connectivity index (χ4n) is 4.83. The van der Waals surface area contributed by atoms with Crippen molar-refractivity contribution in [3.05, 3.63) is 104 Å². The van der Waals surface area contributed by atoms with Gasteiger partial charge in [0.05, 0.1) is 29.3 Å². The molecule has 8 nitrogen and oxygen atoms in total. The minimum Gasteiger partial charge on any atom is -0.464 e. The van der Waals surface area contributed by atoms with E-state index in [1.54, 1.807) is 30.3 Å². The van der Waals surface area contributed by atoms with E-state index in [4.69, 9.17) is 25.5 Å². The molecule has 0 saturated heterocycles. The average Bonchev–Trinajstić information content (AvgIpc) is 3.47. The lowest BCUT2D eigenvalue weighted by Gasteiger charge is -2.28. The van der Waals surface area contributed by atoms with E-state index in [0.29, 0.717) is 40.5 Å². The molecule has 2 amide bonds. The van der Waals surface area contributed by atoms with Gasteiger partial charge in [-0.05, 0) is 60.5 Å². The number of unbranched alkanes of at least 4 members (excludes halogenated alkanes) is 1. The van der Waals surface area contributed by atoms with E-state index in [1.165, 1.54) is 28.2 Å². The summed E-state index contributed by atoms with van der Waals surface area (Å²) in [6.07, 6.45) is -2.15. The summed E-state index contributed by atoms with van der Waals surface area (Å²) in [5.41, 5.74) is -0.344. The van der Waals surface area contributed by atoms with Crippen molar-refractivity contribution in [3.63, 3.8) is 0 Å². The van der Waals surface area contributed by atoms with E-state index < -0.39 is 30.1 Å². The molecule has 4 aromatic rings. The van der Waals surface area contributed by atoms with Crippen LogP contribution < -0.4 is 14.9 Å². The number of hydrogen-bond acceptors (Lipinski definition) is 6. The number of hydrogen-bond donors (Lipinski definition) is 0. The largest absolute Gasteiger partial charge is 0.464 e. The highest BCUT2D eigenvalue weighted by molar-refractivity contribution is 6.31. The number of benzene rings is 3. The molecule has 0 radical (unpaired) electrons. The molecular formula is C32H28ClF3N2O6. The SMILES string of the molecule is CCCCN(CC(=O)N(Cc1ccc2c(c1)OCO2)Cc1coc2ccc(Cl)cc2c1=O)C(=O)c1cccc(C(F)(F)F)c1. The van der Waals surface area contributed by atoms with Gasteiger partial charge in [0.2, 0.25) is 12.7 Å². The van der Waals surface area contributed by atoms with Crippen molar-refractivity contribution in [3.8, 4) is 11.5 Å². The first-order chi connectivity index (χ1) is 21.0. The van der Waals surface area contributed by atoms with Crippen LogP contribution in [0.15, 0.2) is 76.1 Å². The summed E-state index contributed by atoms with van der Waals surface area (Å²) < 4.78 is 56.6. The molecule has 44 heavy (non-hydrogen) atoms. The minimum absolute atomic E-state index is 0.0296. The lowest BCUT2D eigenvalue weighted by molar-refractivity contribution is -0.137. The molecule has 0 spiro atoms. The van der Waals surface area contributed by atoms with Crippen LogP contribution in [0.4, 0.5) is 13.2 Å². The predicted octanol–water partition coefficient (Wildman–Crippen LogP) is 6.67. The number of halogens is 4. The third kappa shape index (κ3) is 6.99. The van der Waals surface area contributed by atoms with Gasteiger partial charge in [0.1, 0.15) is 12.1 Å². The Balaban J connectivity index is 1.46. The number of rotatable bonds is 10. The molecule has 230 valence electrons. The van der Waals surface area contributed by atoms with Crippen LogP contribution in [0.3, 0.4) is 0 Å². The van der Waals surface area contributed by atoms with Crippen molar-refractivity contribution in [2.45, 2.75) is 39.0 Å². The fraction of sp³-hybridized carbons (Fsp3) is 0.281. The Hall–Kier alpha value is -4.51. The van der Waals surface area contributed by atoms with E-state index >= 15 is 0 Å². The maximum atomic E-state index is 13.9. The fourth-order valence-corrected chi connectivity index (χ4v) is 5.00. The Bertz CT molecular complexity index is 1760. The normalized spacial score (nSPS) is 12.4. The summed E-state index contributed by atoms with van der Waals surface area (Å²) in [5.74, 6) is -0.180. The molecule has 2 heterocycles. The second-order valence-electron chi connectivity index (χ2n) is 10.3. The minimum atomic E-state index is -4.63. The summed E-state index contributed by atoms with van der Waals surface area (Å²) in [4.78, 5) is 43.3. The Morgan fingerprint density at radius 3 is 2.52 bits per heavy atom. The Morgan fingerprint density at radius 1 is 0.955 bits per heavy atom. The van der Waals surface area contributed by atoms with Crippen LogP contribution in [0.2, 0.25) is 5.02 Å². The van der Waals surface area contributed by atoms with E-state index in [-0.39, 0.29) is 48.4 Å². The molecular weight excluding hydrogens is 601 g/mol. The highest BCUT2D eigenvalue weighted by atomic mass is 35.5. The highest BCUT2D eigenvalue weighted by Crippen LogP contribution is 2.33. The molecule has 12 heteroatoms. The standard InChI is InChI=1S/C32H28ClF3N2O6/c1-2-3-11-37(31(41)21-5-4-6-23(13-21)32(34,35)36)17-29(39)38(15-20-7-9-27-28(12-20)44-19-43-27)16-22-18-42-26-10-8-24(33)14-25(26)30(22)40/h4-10,12-14,18H,2-3,11,15-17,19H2,1H3. The lowest BCUT2D eigenvalue weighted by Crippen LogP contribution is -2.43. The molecule has 0 aliphatic carbocycles. The molecule has 0 N–H and O–H groups in total. The molecule has 0 fully saturated rings. The van der Waals surface area contributed by atoms with Gasteiger partial charge in [-0.1, -0.05) is 37.1 Å².